The van der Waals surface area contributed by atoms with Crippen LogP contribution in [-0.2, 0) is 6.54 Å². The molecule has 0 aliphatic carbocycles. The number of nitrogens with one attached hydrogen (secondary N) is 1. The summed E-state index contributed by atoms with van der Waals surface area (Å²) in [5, 5.41) is 3.87. The number of ether oxygens (including phenoxy) is 1. The van der Waals surface area contributed by atoms with Gasteiger partial charge in [0.2, 0.25) is 0 Å². The van der Waals surface area contributed by atoms with Gasteiger partial charge in [-0.2, -0.15) is 0 Å². The summed E-state index contributed by atoms with van der Waals surface area (Å²) in [5.41, 5.74) is 6.11. The minimum absolute atomic E-state index is 0.156. The second kappa shape index (κ2) is 7.20. The van der Waals surface area contributed by atoms with Crippen molar-refractivity contribution in [2.75, 3.05) is 20.2 Å². The summed E-state index contributed by atoms with van der Waals surface area (Å²) in [6.45, 7) is 2.46. The molecule has 0 atom stereocenters. The molecule has 0 saturated carbocycles. The van der Waals surface area contributed by atoms with Gasteiger partial charge in [-0.1, -0.05) is 23.2 Å². The van der Waals surface area contributed by atoms with Gasteiger partial charge in [-0.15, -0.1) is 0 Å². The van der Waals surface area contributed by atoms with Gasteiger partial charge in [-0.3, -0.25) is 4.90 Å². The molecule has 116 valence electrons. The Kier molecular flexibility index (Phi) is 5.56. The molecule has 0 unspecified atom stereocenters. The van der Waals surface area contributed by atoms with E-state index < -0.39 is 6.03 Å². The summed E-state index contributed by atoms with van der Waals surface area (Å²) in [7, 11) is 1.60. The van der Waals surface area contributed by atoms with E-state index in [1.54, 1.807) is 13.2 Å². The van der Waals surface area contributed by atoms with Crippen molar-refractivity contribution in [1.82, 2.24) is 10.2 Å². The van der Waals surface area contributed by atoms with Crippen LogP contribution < -0.4 is 15.8 Å². The molecular weight excluding hydrogens is 313 g/mol. The van der Waals surface area contributed by atoms with E-state index in [9.17, 15) is 4.79 Å². The maximum atomic E-state index is 10.9. The predicted octanol–water partition coefficient (Wildman–Crippen LogP) is 2.63. The second-order valence-corrected chi connectivity index (χ2v) is 5.98. The number of nitrogens with two attached hydrogens (primary N) is 1. The average molecular weight is 332 g/mol. The van der Waals surface area contributed by atoms with Gasteiger partial charge >= 0.3 is 6.03 Å². The third kappa shape index (κ3) is 4.40. The predicted molar refractivity (Wildman–Crippen MR) is 84.0 cm³/mol. The number of urea groups is 1. The number of benzene rings is 1. The first-order valence-corrected chi connectivity index (χ1v) is 7.55. The van der Waals surface area contributed by atoms with Crippen molar-refractivity contribution >= 4 is 29.2 Å². The van der Waals surface area contributed by atoms with Crippen LogP contribution in [-0.4, -0.2) is 37.2 Å². The number of rotatable bonds is 4. The number of methoxy groups -OCH3 is 1. The Balaban J connectivity index is 1.99. The number of carbonyl (C=O) groups excluding carboxylic acids is 1. The van der Waals surface area contributed by atoms with Gasteiger partial charge in [0.1, 0.15) is 5.75 Å². The quantitative estimate of drug-likeness (QED) is 0.891. The van der Waals surface area contributed by atoms with E-state index in [4.69, 9.17) is 33.7 Å². The van der Waals surface area contributed by atoms with Gasteiger partial charge in [0.25, 0.3) is 0 Å². The first kappa shape index (κ1) is 16.2. The van der Waals surface area contributed by atoms with Gasteiger partial charge in [0, 0.05) is 36.3 Å². The lowest BCUT2D eigenvalue weighted by atomic mass is 10.0. The van der Waals surface area contributed by atoms with Gasteiger partial charge in [0.15, 0.2) is 0 Å². The van der Waals surface area contributed by atoms with Crippen molar-refractivity contribution in [1.29, 1.82) is 0 Å². The average Bonchev–Trinajstić information content (AvgIpc) is 2.40. The van der Waals surface area contributed by atoms with Crippen LogP contribution in [0.4, 0.5) is 4.79 Å². The van der Waals surface area contributed by atoms with Gasteiger partial charge in [-0.05, 0) is 25.0 Å². The fraction of sp³-hybridized carbons (Fsp3) is 0.500. The van der Waals surface area contributed by atoms with Crippen LogP contribution in [0.3, 0.4) is 0 Å². The minimum atomic E-state index is -0.461. The molecule has 2 rings (SSSR count). The van der Waals surface area contributed by atoms with Crippen LogP contribution in [0, 0.1) is 0 Å². The summed E-state index contributed by atoms with van der Waals surface area (Å²) in [6.07, 6.45) is 1.75. The van der Waals surface area contributed by atoms with Crippen LogP contribution in [0.2, 0.25) is 10.0 Å². The molecule has 5 nitrogen and oxygen atoms in total. The molecule has 1 aliphatic rings. The van der Waals surface area contributed by atoms with Crippen LogP contribution >= 0.6 is 23.2 Å². The summed E-state index contributed by atoms with van der Waals surface area (Å²) in [5.74, 6) is 0.665. The Bertz CT molecular complexity index is 517. The van der Waals surface area contributed by atoms with Crippen molar-refractivity contribution in [3.05, 3.63) is 27.7 Å². The first-order valence-electron chi connectivity index (χ1n) is 6.80. The molecule has 0 bridgehead atoms. The van der Waals surface area contributed by atoms with E-state index in [0.717, 1.165) is 31.5 Å². The number of hydrogen-bond acceptors (Lipinski definition) is 3. The smallest absolute Gasteiger partial charge is 0.312 e. The molecule has 2 amide bonds. The summed E-state index contributed by atoms with van der Waals surface area (Å²) in [6, 6.07) is 3.24. The third-order valence-corrected chi connectivity index (χ3v) is 4.12. The fourth-order valence-corrected chi connectivity index (χ4v) is 3.25. The normalized spacial score (nSPS) is 16.7. The van der Waals surface area contributed by atoms with Gasteiger partial charge in [-0.25, -0.2) is 4.79 Å². The Morgan fingerprint density at radius 2 is 2.10 bits per heavy atom. The SMILES string of the molecule is COc1c(Cl)cc(Cl)cc1CN1CCC(NC(N)=O)CC1. The molecule has 1 heterocycles. The number of hydrogen-bond donors (Lipinski definition) is 2. The molecule has 1 saturated heterocycles. The zero-order chi connectivity index (χ0) is 15.4. The van der Waals surface area contributed by atoms with Crippen LogP contribution in [0.1, 0.15) is 18.4 Å². The fourth-order valence-electron chi connectivity index (χ4n) is 2.64. The number of amides is 2. The molecule has 1 aromatic rings. The maximum Gasteiger partial charge on any atom is 0.312 e. The molecule has 0 spiro atoms. The number of piperidine rings is 1. The number of halogens is 2. The molecular formula is C14H19Cl2N3O2. The summed E-state index contributed by atoms with van der Waals surface area (Å²) >= 11 is 12.2. The van der Waals surface area contributed by atoms with Gasteiger partial charge in [0.05, 0.1) is 12.1 Å². The Labute approximate surface area is 134 Å². The Morgan fingerprint density at radius 3 is 2.67 bits per heavy atom. The highest BCUT2D eigenvalue weighted by Gasteiger charge is 2.21. The first-order chi connectivity index (χ1) is 9.99. The van der Waals surface area contributed by atoms with Gasteiger partial charge < -0.3 is 15.8 Å². The lowest BCUT2D eigenvalue weighted by molar-refractivity contribution is 0.187. The van der Waals surface area contributed by atoms with E-state index in [1.165, 1.54) is 0 Å². The van der Waals surface area contributed by atoms with Crippen LogP contribution in [0.25, 0.3) is 0 Å². The van der Waals surface area contributed by atoms with E-state index >= 15 is 0 Å². The molecule has 21 heavy (non-hydrogen) atoms. The highest BCUT2D eigenvalue weighted by Crippen LogP contribution is 2.33. The Hall–Kier alpha value is -1.17. The molecule has 1 aromatic carbocycles. The van der Waals surface area contributed by atoms with Crippen LogP contribution in [0.5, 0.6) is 5.75 Å². The molecule has 3 N–H and O–H groups in total. The minimum Gasteiger partial charge on any atom is -0.495 e. The maximum absolute atomic E-state index is 10.9. The van der Waals surface area contributed by atoms with E-state index in [0.29, 0.717) is 22.3 Å². The molecule has 7 heteroatoms. The molecule has 0 aromatic heterocycles. The summed E-state index contributed by atoms with van der Waals surface area (Å²) < 4.78 is 5.36. The van der Waals surface area contributed by atoms with Crippen molar-refractivity contribution in [2.24, 2.45) is 5.73 Å². The monoisotopic (exact) mass is 331 g/mol. The van der Waals surface area contributed by atoms with E-state index in [-0.39, 0.29) is 6.04 Å². The molecule has 0 radical (unpaired) electrons. The van der Waals surface area contributed by atoms with Crippen molar-refractivity contribution < 1.29 is 9.53 Å². The highest BCUT2D eigenvalue weighted by atomic mass is 35.5. The lowest BCUT2D eigenvalue weighted by Crippen LogP contribution is -2.46. The number of carbonyl (C=O) groups is 1. The number of nitrogens with zero attached hydrogens (tertiary/aromatic N) is 1. The third-order valence-electron chi connectivity index (χ3n) is 3.62. The molecule has 1 fully saturated rings. The van der Waals surface area contributed by atoms with E-state index in [1.807, 2.05) is 6.07 Å². The highest BCUT2D eigenvalue weighted by molar-refractivity contribution is 6.35. The zero-order valence-electron chi connectivity index (χ0n) is 11.9. The Morgan fingerprint density at radius 1 is 1.43 bits per heavy atom. The van der Waals surface area contributed by atoms with Crippen molar-refractivity contribution in [2.45, 2.75) is 25.4 Å². The van der Waals surface area contributed by atoms with E-state index in [2.05, 4.69) is 10.2 Å². The summed E-state index contributed by atoms with van der Waals surface area (Å²) in [4.78, 5) is 13.1. The van der Waals surface area contributed by atoms with Crippen molar-refractivity contribution in [3.63, 3.8) is 0 Å². The second-order valence-electron chi connectivity index (χ2n) is 5.14. The van der Waals surface area contributed by atoms with Crippen molar-refractivity contribution in [3.8, 4) is 5.75 Å². The topological polar surface area (TPSA) is 67.6 Å². The largest absolute Gasteiger partial charge is 0.495 e. The molecule has 1 aliphatic heterocycles. The number of likely N-dealkylation sites (tertiary alicyclic amines) is 1. The number of primary amides is 1. The van der Waals surface area contributed by atoms with Crippen LogP contribution in [0.15, 0.2) is 12.1 Å². The lowest BCUT2D eigenvalue weighted by Gasteiger charge is -2.32. The zero-order valence-corrected chi connectivity index (χ0v) is 13.4. The standard InChI is InChI=1S/C14H19Cl2N3O2/c1-21-13-9(6-10(15)7-12(13)16)8-19-4-2-11(3-5-19)18-14(17)20/h6-7,11H,2-5,8H2,1H3,(H3,17,18,20).